The summed E-state index contributed by atoms with van der Waals surface area (Å²) in [7, 11) is 2.13. The second-order valence-electron chi connectivity index (χ2n) is 6.94. The van der Waals surface area contributed by atoms with Gasteiger partial charge in [0.1, 0.15) is 5.82 Å². The van der Waals surface area contributed by atoms with Crippen molar-refractivity contribution >= 4 is 11.0 Å². The number of nitrogens with zero attached hydrogens (tertiary/aromatic N) is 5. The first-order chi connectivity index (χ1) is 11.7. The number of imidazole rings is 1. The molecule has 0 bridgehead atoms. The Morgan fingerprint density at radius 3 is 2.88 bits per heavy atom. The van der Waals surface area contributed by atoms with Gasteiger partial charge >= 0.3 is 0 Å². The van der Waals surface area contributed by atoms with Crippen LogP contribution >= 0.6 is 0 Å². The van der Waals surface area contributed by atoms with Crippen molar-refractivity contribution in [3.63, 3.8) is 0 Å². The topological polar surface area (TPSA) is 38.9 Å². The number of aromatic nitrogens is 4. The van der Waals surface area contributed by atoms with Crippen molar-refractivity contribution in [2.45, 2.75) is 45.3 Å². The van der Waals surface area contributed by atoms with E-state index in [0.717, 1.165) is 31.0 Å². The quantitative estimate of drug-likeness (QED) is 0.740. The average molecular weight is 323 g/mol. The lowest BCUT2D eigenvalue weighted by Crippen LogP contribution is -2.42. The number of fused-ring (bicyclic) bond motifs is 1. The van der Waals surface area contributed by atoms with Crippen LogP contribution in [0.5, 0.6) is 0 Å². The van der Waals surface area contributed by atoms with Crippen molar-refractivity contribution < 1.29 is 0 Å². The molecule has 3 aromatic rings. The fourth-order valence-corrected chi connectivity index (χ4v) is 3.78. The van der Waals surface area contributed by atoms with Gasteiger partial charge in [0.15, 0.2) is 0 Å². The summed E-state index contributed by atoms with van der Waals surface area (Å²) in [6.45, 7) is 5.13. The number of likely N-dealkylation sites (tertiary alicyclic amines) is 1. The predicted octanol–water partition coefficient (Wildman–Crippen LogP) is 3.13. The maximum Gasteiger partial charge on any atom is 0.123 e. The van der Waals surface area contributed by atoms with Gasteiger partial charge in [-0.25, -0.2) is 4.98 Å². The van der Waals surface area contributed by atoms with Gasteiger partial charge in [-0.3, -0.25) is 9.58 Å². The van der Waals surface area contributed by atoms with Gasteiger partial charge in [-0.05, 0) is 44.0 Å². The molecule has 126 valence electrons. The molecule has 5 nitrogen and oxygen atoms in total. The normalized spacial score (nSPS) is 19.2. The van der Waals surface area contributed by atoms with Gasteiger partial charge < -0.3 is 4.57 Å². The summed E-state index contributed by atoms with van der Waals surface area (Å²) < 4.78 is 4.33. The molecule has 0 radical (unpaired) electrons. The summed E-state index contributed by atoms with van der Waals surface area (Å²) in [6, 6.07) is 8.92. The smallest absolute Gasteiger partial charge is 0.123 e. The van der Waals surface area contributed by atoms with Crippen molar-refractivity contribution in [1.82, 2.24) is 24.2 Å². The van der Waals surface area contributed by atoms with Gasteiger partial charge in [-0.1, -0.05) is 18.6 Å². The van der Waals surface area contributed by atoms with E-state index in [9.17, 15) is 0 Å². The van der Waals surface area contributed by atoms with E-state index in [1.807, 2.05) is 6.20 Å². The first kappa shape index (κ1) is 15.4. The molecule has 0 saturated carbocycles. The van der Waals surface area contributed by atoms with E-state index in [1.165, 1.54) is 30.3 Å². The molecule has 1 fully saturated rings. The van der Waals surface area contributed by atoms with Crippen molar-refractivity contribution in [3.05, 3.63) is 48.0 Å². The van der Waals surface area contributed by atoms with E-state index in [1.54, 1.807) is 0 Å². The SMILES string of the molecule is Cc1cnn(CC2CCCCN2Cc2nc3ccccc3n2C)c1. The van der Waals surface area contributed by atoms with E-state index in [0.29, 0.717) is 6.04 Å². The second kappa shape index (κ2) is 6.40. The van der Waals surface area contributed by atoms with Gasteiger partial charge in [0, 0.05) is 19.3 Å². The van der Waals surface area contributed by atoms with E-state index in [2.05, 4.69) is 63.7 Å². The third-order valence-electron chi connectivity index (χ3n) is 5.13. The van der Waals surface area contributed by atoms with Crippen LogP contribution in [-0.4, -0.2) is 36.8 Å². The molecule has 1 saturated heterocycles. The molecule has 1 aliphatic heterocycles. The number of piperidine rings is 1. The molecule has 1 atom stereocenters. The molecule has 1 aliphatic rings. The van der Waals surface area contributed by atoms with Crippen molar-refractivity contribution in [2.75, 3.05) is 6.54 Å². The van der Waals surface area contributed by atoms with Crippen LogP contribution in [0.4, 0.5) is 0 Å². The van der Waals surface area contributed by atoms with E-state index in [4.69, 9.17) is 4.98 Å². The lowest BCUT2D eigenvalue weighted by molar-refractivity contribution is 0.118. The Labute approximate surface area is 142 Å². The maximum atomic E-state index is 4.85. The minimum absolute atomic E-state index is 0.540. The monoisotopic (exact) mass is 323 g/mol. The Morgan fingerprint density at radius 1 is 1.21 bits per heavy atom. The molecule has 0 aliphatic carbocycles. The van der Waals surface area contributed by atoms with Gasteiger partial charge in [0.05, 0.1) is 30.3 Å². The van der Waals surface area contributed by atoms with Crippen molar-refractivity contribution in [3.8, 4) is 0 Å². The van der Waals surface area contributed by atoms with Crippen LogP contribution in [0.2, 0.25) is 0 Å². The number of aryl methyl sites for hydroxylation is 2. The van der Waals surface area contributed by atoms with Crippen LogP contribution in [0.15, 0.2) is 36.7 Å². The molecule has 0 N–H and O–H groups in total. The Morgan fingerprint density at radius 2 is 2.08 bits per heavy atom. The highest BCUT2D eigenvalue weighted by atomic mass is 15.3. The predicted molar refractivity (Wildman–Crippen MR) is 95.7 cm³/mol. The van der Waals surface area contributed by atoms with E-state index in [-0.39, 0.29) is 0 Å². The lowest BCUT2D eigenvalue weighted by atomic mass is 10.0. The van der Waals surface area contributed by atoms with Crippen LogP contribution in [-0.2, 0) is 20.1 Å². The van der Waals surface area contributed by atoms with E-state index < -0.39 is 0 Å². The van der Waals surface area contributed by atoms with Gasteiger partial charge in [0.2, 0.25) is 0 Å². The largest absolute Gasteiger partial charge is 0.330 e. The molecular formula is C19H25N5. The third-order valence-corrected chi connectivity index (χ3v) is 5.13. The van der Waals surface area contributed by atoms with Crippen LogP contribution in [0.1, 0.15) is 30.7 Å². The lowest BCUT2D eigenvalue weighted by Gasteiger charge is -2.35. The first-order valence-electron chi connectivity index (χ1n) is 8.84. The Balaban J connectivity index is 1.55. The van der Waals surface area contributed by atoms with Crippen LogP contribution < -0.4 is 0 Å². The average Bonchev–Trinajstić information content (AvgIpc) is 3.14. The summed E-state index contributed by atoms with van der Waals surface area (Å²) in [4.78, 5) is 7.44. The number of hydrogen-bond acceptors (Lipinski definition) is 3. The van der Waals surface area contributed by atoms with Crippen molar-refractivity contribution in [1.29, 1.82) is 0 Å². The molecule has 24 heavy (non-hydrogen) atoms. The van der Waals surface area contributed by atoms with Crippen LogP contribution in [0.25, 0.3) is 11.0 Å². The Hall–Kier alpha value is -2.14. The maximum absolute atomic E-state index is 4.85. The molecular weight excluding hydrogens is 298 g/mol. The fourth-order valence-electron chi connectivity index (χ4n) is 3.78. The fraction of sp³-hybridized carbons (Fsp3) is 0.474. The summed E-state index contributed by atoms with van der Waals surface area (Å²) >= 11 is 0. The third kappa shape index (κ3) is 2.96. The van der Waals surface area contributed by atoms with Gasteiger partial charge in [-0.2, -0.15) is 5.10 Å². The minimum atomic E-state index is 0.540. The molecule has 3 heterocycles. The Bertz CT molecular complexity index is 831. The molecule has 1 unspecified atom stereocenters. The van der Waals surface area contributed by atoms with E-state index >= 15 is 0 Å². The molecule has 4 rings (SSSR count). The molecule has 5 heteroatoms. The second-order valence-corrected chi connectivity index (χ2v) is 6.94. The zero-order chi connectivity index (χ0) is 16.5. The Kier molecular flexibility index (Phi) is 4.10. The van der Waals surface area contributed by atoms with Gasteiger partial charge in [-0.15, -0.1) is 0 Å². The standard InChI is InChI=1S/C19H25N5/c1-15-11-20-24(12-15)13-16-7-5-6-10-23(16)14-19-21-17-8-3-4-9-18(17)22(19)2/h3-4,8-9,11-12,16H,5-7,10,13-14H2,1-2H3. The van der Waals surface area contributed by atoms with Gasteiger partial charge in [0.25, 0.3) is 0 Å². The van der Waals surface area contributed by atoms with Crippen molar-refractivity contribution in [2.24, 2.45) is 7.05 Å². The highest BCUT2D eigenvalue weighted by molar-refractivity contribution is 5.75. The summed E-state index contributed by atoms with van der Waals surface area (Å²) in [5.74, 6) is 1.15. The van der Waals surface area contributed by atoms with Crippen LogP contribution in [0, 0.1) is 6.92 Å². The minimum Gasteiger partial charge on any atom is -0.330 e. The molecule has 1 aromatic carbocycles. The number of rotatable bonds is 4. The molecule has 0 spiro atoms. The first-order valence-corrected chi connectivity index (χ1v) is 8.84. The number of para-hydroxylation sites is 2. The highest BCUT2D eigenvalue weighted by Gasteiger charge is 2.24. The zero-order valence-corrected chi connectivity index (χ0v) is 14.5. The number of benzene rings is 1. The summed E-state index contributed by atoms with van der Waals surface area (Å²) in [5, 5.41) is 4.47. The summed E-state index contributed by atoms with van der Waals surface area (Å²) in [5.41, 5.74) is 3.53. The van der Waals surface area contributed by atoms with Crippen LogP contribution in [0.3, 0.4) is 0 Å². The highest BCUT2D eigenvalue weighted by Crippen LogP contribution is 2.22. The molecule has 2 aromatic heterocycles. The number of hydrogen-bond donors (Lipinski definition) is 0. The summed E-state index contributed by atoms with van der Waals surface area (Å²) in [6.07, 6.45) is 7.91. The molecule has 0 amide bonds. The zero-order valence-electron chi connectivity index (χ0n) is 14.5.